The van der Waals surface area contributed by atoms with E-state index in [0.29, 0.717) is 5.88 Å². The Hall–Kier alpha value is -4.31. The zero-order valence-corrected chi connectivity index (χ0v) is 25.5. The summed E-state index contributed by atoms with van der Waals surface area (Å²) in [5, 5.41) is 25.9. The van der Waals surface area contributed by atoms with Gasteiger partial charge in [-0.05, 0) is 87.4 Å². The van der Waals surface area contributed by atoms with E-state index in [0.717, 1.165) is 59.2 Å². The minimum Gasteiger partial charge on any atom is -0.483 e. The molecule has 0 saturated heterocycles. The van der Waals surface area contributed by atoms with Gasteiger partial charge < -0.3 is 14.9 Å². The number of rotatable bonds is 5. The standard InChI is InChI=1S/C32H37N5O3.CH2O2/c1-19-23(12-14-26-28(19)34-35-36(26)6)27(32(4,5)30(38)39)21-10-9-20-11-13-25(24(20)16-21)37-17-22-8-7-15-33-29(22)40-31(2,3)18-37;2-1-3/h7-10,12,14-16,25,27H,11,13,17-18H2,1-6H3,(H,38,39);1H,(H,2,3). The Labute approximate surface area is 251 Å². The maximum Gasteiger partial charge on any atom is 0.310 e. The molecule has 1 aliphatic heterocycles. The van der Waals surface area contributed by atoms with E-state index in [-0.39, 0.29) is 18.4 Å². The van der Waals surface area contributed by atoms with Crippen LogP contribution in [0.2, 0.25) is 0 Å². The van der Waals surface area contributed by atoms with Crippen molar-refractivity contribution >= 4 is 23.5 Å². The van der Waals surface area contributed by atoms with Gasteiger partial charge in [-0.15, -0.1) is 5.10 Å². The number of carboxylic acids is 1. The fraction of sp³-hybridized carbons (Fsp3) is 0.424. The quantitative estimate of drug-likeness (QED) is 0.301. The number of benzene rings is 2. The fourth-order valence-electron chi connectivity index (χ4n) is 6.74. The Morgan fingerprint density at radius 1 is 1.19 bits per heavy atom. The number of carboxylic acid groups (broad SMARTS) is 2. The minimum atomic E-state index is -1.05. The largest absolute Gasteiger partial charge is 0.483 e. The first-order valence-electron chi connectivity index (χ1n) is 14.5. The zero-order valence-electron chi connectivity index (χ0n) is 25.5. The molecule has 3 heterocycles. The van der Waals surface area contributed by atoms with Crippen LogP contribution < -0.4 is 4.74 Å². The molecule has 2 atom stereocenters. The van der Waals surface area contributed by atoms with Gasteiger partial charge >= 0.3 is 5.97 Å². The average molecular weight is 586 g/mol. The van der Waals surface area contributed by atoms with Crippen molar-refractivity contribution in [2.24, 2.45) is 12.5 Å². The van der Waals surface area contributed by atoms with Crippen LogP contribution in [0.3, 0.4) is 0 Å². The summed E-state index contributed by atoms with van der Waals surface area (Å²) in [6, 6.07) is 14.9. The van der Waals surface area contributed by atoms with Crippen molar-refractivity contribution < 1.29 is 24.5 Å². The number of fused-ring (bicyclic) bond motifs is 3. The first-order valence-corrected chi connectivity index (χ1v) is 14.5. The molecule has 2 aliphatic rings. The van der Waals surface area contributed by atoms with Crippen LogP contribution in [0.1, 0.15) is 79.5 Å². The number of aliphatic carboxylic acids is 1. The van der Waals surface area contributed by atoms with Gasteiger partial charge in [0.05, 0.1) is 10.9 Å². The van der Waals surface area contributed by atoms with Crippen LogP contribution in [-0.4, -0.2) is 59.7 Å². The molecule has 6 rings (SSSR count). The second kappa shape index (κ2) is 11.4. The number of hydrogen-bond acceptors (Lipinski definition) is 7. The van der Waals surface area contributed by atoms with E-state index in [4.69, 9.17) is 14.6 Å². The highest BCUT2D eigenvalue weighted by Crippen LogP contribution is 2.47. The Morgan fingerprint density at radius 2 is 1.93 bits per heavy atom. The van der Waals surface area contributed by atoms with Crippen molar-refractivity contribution in [1.29, 1.82) is 0 Å². The Kier molecular flexibility index (Phi) is 8.00. The van der Waals surface area contributed by atoms with Gasteiger partial charge in [-0.3, -0.25) is 14.5 Å². The van der Waals surface area contributed by atoms with Crippen molar-refractivity contribution in [2.75, 3.05) is 6.54 Å². The average Bonchev–Trinajstić information content (AvgIpc) is 3.50. The first kappa shape index (κ1) is 30.2. The van der Waals surface area contributed by atoms with Crippen LogP contribution >= 0.6 is 0 Å². The monoisotopic (exact) mass is 585 g/mol. The van der Waals surface area contributed by atoms with Gasteiger partial charge in [0.15, 0.2) is 0 Å². The summed E-state index contributed by atoms with van der Waals surface area (Å²) in [5.74, 6) is -0.486. The molecular weight excluding hydrogens is 546 g/mol. The minimum absolute atomic E-state index is 0.209. The van der Waals surface area contributed by atoms with E-state index in [9.17, 15) is 9.90 Å². The molecule has 2 aromatic carbocycles. The normalized spacial score (nSPS) is 18.4. The van der Waals surface area contributed by atoms with Crippen molar-refractivity contribution in [3.8, 4) is 5.88 Å². The molecule has 226 valence electrons. The number of pyridine rings is 1. The highest BCUT2D eigenvalue weighted by molar-refractivity contribution is 5.81. The molecule has 4 aromatic rings. The summed E-state index contributed by atoms with van der Waals surface area (Å²) in [4.78, 5) is 28.1. The van der Waals surface area contributed by atoms with Gasteiger partial charge in [-0.1, -0.05) is 35.5 Å². The van der Waals surface area contributed by atoms with Crippen molar-refractivity contribution in [3.63, 3.8) is 0 Å². The maximum absolute atomic E-state index is 12.7. The molecule has 0 spiro atoms. The summed E-state index contributed by atoms with van der Waals surface area (Å²) >= 11 is 0. The molecule has 43 heavy (non-hydrogen) atoms. The van der Waals surface area contributed by atoms with E-state index in [1.165, 1.54) is 11.1 Å². The Bertz CT molecular complexity index is 1680. The number of ether oxygens (including phenoxy) is 1. The molecule has 10 nitrogen and oxygen atoms in total. The summed E-state index contributed by atoms with van der Waals surface area (Å²) < 4.78 is 8.09. The maximum atomic E-state index is 12.7. The van der Waals surface area contributed by atoms with E-state index < -0.39 is 17.0 Å². The Morgan fingerprint density at radius 3 is 2.65 bits per heavy atom. The molecule has 0 saturated carbocycles. The second-order valence-corrected chi connectivity index (χ2v) is 12.7. The smallest absolute Gasteiger partial charge is 0.310 e. The summed E-state index contributed by atoms with van der Waals surface area (Å²) in [6.07, 6.45) is 3.80. The van der Waals surface area contributed by atoms with Crippen molar-refractivity contribution in [2.45, 2.75) is 71.6 Å². The van der Waals surface area contributed by atoms with Crippen LogP contribution in [0.5, 0.6) is 5.88 Å². The van der Waals surface area contributed by atoms with Crippen molar-refractivity contribution in [1.82, 2.24) is 24.9 Å². The van der Waals surface area contributed by atoms with E-state index in [2.05, 4.69) is 64.4 Å². The third kappa shape index (κ3) is 5.59. The second-order valence-electron chi connectivity index (χ2n) is 12.7. The molecule has 2 unspecified atom stereocenters. The third-order valence-electron chi connectivity index (χ3n) is 8.83. The molecule has 2 aromatic heterocycles. The molecular formula is C33H39N5O5. The number of aryl methyl sites for hydroxylation is 3. The van der Waals surface area contributed by atoms with Crippen LogP contribution in [0.15, 0.2) is 48.7 Å². The predicted octanol–water partition coefficient (Wildman–Crippen LogP) is 5.28. The van der Waals surface area contributed by atoms with Crippen LogP contribution in [0.25, 0.3) is 11.0 Å². The van der Waals surface area contributed by atoms with Gasteiger partial charge in [0.1, 0.15) is 11.1 Å². The number of carbonyl (C=O) groups is 2. The molecule has 0 radical (unpaired) electrons. The van der Waals surface area contributed by atoms with Crippen LogP contribution in [-0.2, 0) is 29.6 Å². The third-order valence-corrected chi connectivity index (χ3v) is 8.83. The van der Waals surface area contributed by atoms with Gasteiger partial charge in [0, 0.05) is 43.9 Å². The van der Waals surface area contributed by atoms with Crippen molar-refractivity contribution in [3.05, 3.63) is 82.0 Å². The van der Waals surface area contributed by atoms with Gasteiger partial charge in [0.25, 0.3) is 6.47 Å². The van der Waals surface area contributed by atoms with Gasteiger partial charge in [-0.2, -0.15) is 0 Å². The van der Waals surface area contributed by atoms with Gasteiger partial charge in [0.2, 0.25) is 5.88 Å². The SMILES string of the molecule is Cc1c(C(c2ccc3c(c2)C(N2Cc4cccnc4OC(C)(C)C2)CC3)C(C)(C)C(=O)O)ccc2c1nnn2C.O=CO. The topological polar surface area (TPSA) is 131 Å². The number of nitrogens with zero attached hydrogens (tertiary/aromatic N) is 5. The highest BCUT2D eigenvalue weighted by atomic mass is 16.5. The summed E-state index contributed by atoms with van der Waals surface area (Å²) in [6.45, 7) is 11.2. The Balaban J connectivity index is 0.00000118. The lowest BCUT2D eigenvalue weighted by Crippen LogP contribution is -2.41. The predicted molar refractivity (Wildman–Crippen MR) is 162 cm³/mol. The molecule has 0 fully saturated rings. The van der Waals surface area contributed by atoms with E-state index in [1.807, 2.05) is 40.0 Å². The molecule has 2 N–H and O–H groups in total. The highest BCUT2D eigenvalue weighted by Gasteiger charge is 2.42. The number of aromatic nitrogens is 4. The van der Waals surface area contributed by atoms with Gasteiger partial charge in [-0.25, -0.2) is 9.67 Å². The first-order chi connectivity index (χ1) is 20.4. The molecule has 0 bridgehead atoms. The zero-order chi connectivity index (χ0) is 31.1. The lowest BCUT2D eigenvalue weighted by molar-refractivity contribution is -0.147. The van der Waals surface area contributed by atoms with Crippen LogP contribution in [0, 0.1) is 12.3 Å². The lowest BCUT2D eigenvalue weighted by atomic mass is 9.69. The van der Waals surface area contributed by atoms with Crippen LogP contribution in [0.4, 0.5) is 0 Å². The molecule has 1 aliphatic carbocycles. The number of hydrogen-bond donors (Lipinski definition) is 2. The fourth-order valence-corrected chi connectivity index (χ4v) is 6.74. The summed E-state index contributed by atoms with van der Waals surface area (Å²) in [5.41, 5.74) is 6.96. The van der Waals surface area contributed by atoms with E-state index >= 15 is 0 Å². The summed E-state index contributed by atoms with van der Waals surface area (Å²) in [7, 11) is 1.87. The molecule has 0 amide bonds. The molecule has 10 heteroatoms. The van der Waals surface area contributed by atoms with E-state index in [1.54, 1.807) is 10.9 Å². The lowest BCUT2D eigenvalue weighted by Gasteiger charge is -2.35.